The fraction of sp³-hybridized carbons (Fsp3) is 0.684. The normalized spacial score (nSPS) is 27.9. The maximum absolute atomic E-state index is 13.9. The molecule has 1 amide bonds. The number of likely N-dealkylation sites (tertiary alicyclic amines) is 1. The number of ether oxygens (including phenoxy) is 2. The summed E-state index contributed by atoms with van der Waals surface area (Å²) < 4.78 is 38.8. The van der Waals surface area contributed by atoms with Gasteiger partial charge in [-0.25, -0.2) is 9.37 Å². The van der Waals surface area contributed by atoms with Crippen LogP contribution < -0.4 is 0 Å². The topological polar surface area (TPSA) is 54.9 Å². The Hall–Kier alpha value is -1.64. The Labute approximate surface area is 157 Å². The fourth-order valence-electron chi connectivity index (χ4n) is 4.39. The van der Waals surface area contributed by atoms with E-state index in [1.165, 1.54) is 0 Å². The molecule has 8 heteroatoms. The number of hydrogen-bond donors (Lipinski definition) is 0. The van der Waals surface area contributed by atoms with Crippen molar-refractivity contribution in [3.8, 4) is 0 Å². The summed E-state index contributed by atoms with van der Waals surface area (Å²) >= 11 is 0. The Morgan fingerprint density at radius 3 is 2.74 bits per heavy atom. The Balaban J connectivity index is 1.41. The summed E-state index contributed by atoms with van der Waals surface area (Å²) in [5, 5.41) is 0. The molecule has 6 nitrogen and oxygen atoms in total. The van der Waals surface area contributed by atoms with Gasteiger partial charge in [0.1, 0.15) is 0 Å². The predicted octanol–water partition coefficient (Wildman–Crippen LogP) is 1.70. The van der Waals surface area contributed by atoms with Crippen molar-refractivity contribution >= 4 is 5.91 Å². The average Bonchev–Trinajstić information content (AvgIpc) is 2.92. The van der Waals surface area contributed by atoms with Crippen molar-refractivity contribution in [1.82, 2.24) is 14.8 Å². The lowest BCUT2D eigenvalue weighted by molar-refractivity contribution is -0.0175. The number of rotatable bonds is 2. The molecule has 4 heterocycles. The second-order valence-electron chi connectivity index (χ2n) is 7.53. The number of fused-ring (bicyclic) bond motifs is 1. The van der Waals surface area contributed by atoms with E-state index in [1.807, 2.05) is 0 Å². The van der Waals surface area contributed by atoms with Crippen molar-refractivity contribution in [3.05, 3.63) is 29.6 Å². The molecule has 2 atom stereocenters. The quantitative estimate of drug-likeness (QED) is 0.730. The smallest absolute Gasteiger partial charge is 0.257 e. The molecule has 3 aliphatic rings. The Kier molecular flexibility index (Phi) is 5.66. The Bertz CT molecular complexity index is 684. The molecule has 0 radical (unpaired) electrons. The van der Waals surface area contributed by atoms with E-state index < -0.39 is 17.7 Å². The minimum Gasteiger partial charge on any atom is -0.381 e. The third-order valence-corrected chi connectivity index (χ3v) is 5.92. The Morgan fingerprint density at radius 1 is 1.11 bits per heavy atom. The molecule has 0 aliphatic carbocycles. The summed E-state index contributed by atoms with van der Waals surface area (Å²) in [5.41, 5.74) is -0.265. The van der Waals surface area contributed by atoms with Crippen LogP contribution in [0.1, 0.15) is 29.6 Å². The first-order valence-corrected chi connectivity index (χ1v) is 9.65. The van der Waals surface area contributed by atoms with Gasteiger partial charge in [0.15, 0.2) is 5.82 Å². The predicted molar refractivity (Wildman–Crippen MR) is 93.3 cm³/mol. The molecular formula is C19H25F2N3O3. The van der Waals surface area contributed by atoms with Gasteiger partial charge in [0.25, 0.3) is 5.91 Å². The highest BCUT2D eigenvalue weighted by Crippen LogP contribution is 2.28. The molecule has 1 aromatic heterocycles. The molecule has 4 rings (SSSR count). The van der Waals surface area contributed by atoms with Crippen LogP contribution in [0, 0.1) is 17.7 Å². The van der Waals surface area contributed by atoms with Gasteiger partial charge in [-0.15, -0.1) is 0 Å². The second-order valence-corrected chi connectivity index (χ2v) is 7.53. The first-order valence-electron chi connectivity index (χ1n) is 9.65. The molecule has 0 bridgehead atoms. The zero-order valence-corrected chi connectivity index (χ0v) is 15.3. The molecule has 0 spiro atoms. The number of aromatic nitrogens is 1. The van der Waals surface area contributed by atoms with Crippen LogP contribution in [0.5, 0.6) is 0 Å². The minimum atomic E-state index is -0.854. The van der Waals surface area contributed by atoms with Crippen LogP contribution in [0.15, 0.2) is 12.3 Å². The number of carbonyl (C=O) groups excluding carboxylic acids is 1. The first-order chi connectivity index (χ1) is 13.1. The van der Waals surface area contributed by atoms with Gasteiger partial charge in [-0.1, -0.05) is 0 Å². The van der Waals surface area contributed by atoms with Gasteiger partial charge >= 0.3 is 0 Å². The molecule has 0 saturated carbocycles. The van der Waals surface area contributed by atoms with E-state index in [1.54, 1.807) is 4.90 Å². The molecule has 2 unspecified atom stereocenters. The summed E-state index contributed by atoms with van der Waals surface area (Å²) in [6.45, 7) is 5.02. The molecule has 3 saturated heterocycles. The van der Waals surface area contributed by atoms with Crippen LogP contribution in [-0.2, 0) is 9.47 Å². The highest BCUT2D eigenvalue weighted by Gasteiger charge is 2.37. The summed E-state index contributed by atoms with van der Waals surface area (Å²) in [4.78, 5) is 20.0. The number of amides is 1. The standard InChI is InChI=1S/C19H25F2N3O3/c20-16-10-22-18(21)9-15(16)19(25)24-4-1-13-11-23(5-8-27-17(13)12-24)14-2-6-26-7-3-14/h9-10,13-14,17H,1-8,11-12H2. The van der Waals surface area contributed by atoms with Crippen LogP contribution in [0.2, 0.25) is 0 Å². The summed E-state index contributed by atoms with van der Waals surface area (Å²) in [6.07, 6.45) is 3.58. The molecule has 0 N–H and O–H groups in total. The van der Waals surface area contributed by atoms with E-state index in [-0.39, 0.29) is 11.7 Å². The highest BCUT2D eigenvalue weighted by molar-refractivity contribution is 5.94. The first kappa shape index (κ1) is 18.7. The van der Waals surface area contributed by atoms with Gasteiger partial charge in [-0.05, 0) is 19.3 Å². The lowest BCUT2D eigenvalue weighted by atomic mass is 9.92. The second kappa shape index (κ2) is 8.16. The zero-order chi connectivity index (χ0) is 18.8. The van der Waals surface area contributed by atoms with Crippen LogP contribution >= 0.6 is 0 Å². The third kappa shape index (κ3) is 4.12. The zero-order valence-electron chi connectivity index (χ0n) is 15.3. The third-order valence-electron chi connectivity index (χ3n) is 5.92. The highest BCUT2D eigenvalue weighted by atomic mass is 19.1. The number of halogens is 2. The minimum absolute atomic E-state index is 0.0673. The Morgan fingerprint density at radius 2 is 1.93 bits per heavy atom. The number of piperidine rings is 1. The lowest BCUT2D eigenvalue weighted by Gasteiger charge is -2.39. The van der Waals surface area contributed by atoms with E-state index in [9.17, 15) is 13.6 Å². The molecule has 1 aromatic rings. The molecule has 3 aliphatic heterocycles. The molecular weight excluding hydrogens is 356 g/mol. The van der Waals surface area contributed by atoms with Crippen molar-refractivity contribution < 1.29 is 23.0 Å². The number of nitrogens with zero attached hydrogens (tertiary/aromatic N) is 3. The number of pyridine rings is 1. The molecule has 3 fully saturated rings. The van der Waals surface area contributed by atoms with Gasteiger partial charge in [0.2, 0.25) is 5.95 Å². The molecule has 148 valence electrons. The van der Waals surface area contributed by atoms with Gasteiger partial charge in [0, 0.05) is 57.4 Å². The van der Waals surface area contributed by atoms with E-state index in [2.05, 4.69) is 9.88 Å². The summed E-state index contributed by atoms with van der Waals surface area (Å²) in [6, 6.07) is 1.40. The van der Waals surface area contributed by atoms with Crippen LogP contribution in [0.25, 0.3) is 0 Å². The largest absolute Gasteiger partial charge is 0.381 e. The van der Waals surface area contributed by atoms with Gasteiger partial charge in [0.05, 0.1) is 24.5 Å². The van der Waals surface area contributed by atoms with Crippen molar-refractivity contribution in [3.63, 3.8) is 0 Å². The van der Waals surface area contributed by atoms with E-state index in [0.29, 0.717) is 31.7 Å². The van der Waals surface area contributed by atoms with Crippen molar-refractivity contribution in [2.75, 3.05) is 46.0 Å². The summed E-state index contributed by atoms with van der Waals surface area (Å²) in [5.74, 6) is -1.80. The SMILES string of the molecule is O=C(c1cc(F)ncc1F)N1CCC2CN(C3CCOCC3)CCOC2C1. The monoisotopic (exact) mass is 381 g/mol. The molecule has 27 heavy (non-hydrogen) atoms. The molecule has 0 aromatic carbocycles. The lowest BCUT2D eigenvalue weighted by Crippen LogP contribution is -2.50. The summed E-state index contributed by atoms with van der Waals surface area (Å²) in [7, 11) is 0. The average molecular weight is 381 g/mol. The van der Waals surface area contributed by atoms with E-state index in [0.717, 1.165) is 57.8 Å². The van der Waals surface area contributed by atoms with Gasteiger partial charge < -0.3 is 14.4 Å². The van der Waals surface area contributed by atoms with E-state index >= 15 is 0 Å². The number of hydrogen-bond acceptors (Lipinski definition) is 5. The van der Waals surface area contributed by atoms with Gasteiger partial charge in [-0.2, -0.15) is 4.39 Å². The number of carbonyl (C=O) groups is 1. The van der Waals surface area contributed by atoms with Crippen LogP contribution in [0.4, 0.5) is 8.78 Å². The van der Waals surface area contributed by atoms with Crippen molar-refractivity contribution in [1.29, 1.82) is 0 Å². The maximum Gasteiger partial charge on any atom is 0.257 e. The van der Waals surface area contributed by atoms with Crippen molar-refractivity contribution in [2.24, 2.45) is 5.92 Å². The van der Waals surface area contributed by atoms with Crippen molar-refractivity contribution in [2.45, 2.75) is 31.4 Å². The van der Waals surface area contributed by atoms with Crippen LogP contribution in [0.3, 0.4) is 0 Å². The van der Waals surface area contributed by atoms with Gasteiger partial charge in [-0.3, -0.25) is 9.69 Å². The van der Waals surface area contributed by atoms with E-state index in [4.69, 9.17) is 9.47 Å². The fourth-order valence-corrected chi connectivity index (χ4v) is 4.39. The maximum atomic E-state index is 13.9. The van der Waals surface area contributed by atoms with Crippen LogP contribution in [-0.4, -0.2) is 78.8 Å².